The molecule has 170 valence electrons. The fraction of sp³-hybridized carbons (Fsp3) is 0.333. The highest BCUT2D eigenvalue weighted by atomic mass is 16.2. The molecule has 6 nitrogen and oxygen atoms in total. The van der Waals surface area contributed by atoms with E-state index in [1.807, 2.05) is 66.2 Å². The van der Waals surface area contributed by atoms with Crippen molar-refractivity contribution in [2.45, 2.75) is 52.5 Å². The summed E-state index contributed by atoms with van der Waals surface area (Å²) >= 11 is 0. The van der Waals surface area contributed by atoms with E-state index in [4.69, 9.17) is 0 Å². The van der Waals surface area contributed by atoms with Crippen molar-refractivity contribution in [2.24, 2.45) is 0 Å². The van der Waals surface area contributed by atoms with Gasteiger partial charge < -0.3 is 0 Å². The van der Waals surface area contributed by atoms with Gasteiger partial charge in [0.1, 0.15) is 17.4 Å². The molecule has 33 heavy (non-hydrogen) atoms. The number of hydrogen-bond acceptors (Lipinski definition) is 4. The first-order valence-corrected chi connectivity index (χ1v) is 11.4. The van der Waals surface area contributed by atoms with Crippen LogP contribution in [0.4, 0.5) is 5.82 Å². The first-order chi connectivity index (χ1) is 15.9. The van der Waals surface area contributed by atoms with Gasteiger partial charge in [-0.15, -0.1) is 0 Å². The number of benzene rings is 2. The van der Waals surface area contributed by atoms with Crippen molar-refractivity contribution in [1.82, 2.24) is 9.78 Å². The molecule has 0 saturated heterocycles. The van der Waals surface area contributed by atoms with Gasteiger partial charge in [-0.3, -0.25) is 19.3 Å². The van der Waals surface area contributed by atoms with Crippen molar-refractivity contribution in [2.75, 3.05) is 11.4 Å². The van der Waals surface area contributed by atoms with Crippen LogP contribution in [0.25, 0.3) is 11.1 Å². The summed E-state index contributed by atoms with van der Waals surface area (Å²) < 4.78 is 1.87. The summed E-state index contributed by atoms with van der Waals surface area (Å²) in [5.41, 5.74) is 4.92. The summed E-state index contributed by atoms with van der Waals surface area (Å²) in [7, 11) is 0. The lowest BCUT2D eigenvalue weighted by atomic mass is 9.98. The first kappa shape index (κ1) is 22.6. The molecule has 1 aliphatic heterocycles. The smallest absolute Gasteiger partial charge is 0.228 e. The summed E-state index contributed by atoms with van der Waals surface area (Å²) in [6.07, 6.45) is 2.06. The normalized spacial score (nSPS) is 13.0. The van der Waals surface area contributed by atoms with Crippen molar-refractivity contribution in [1.29, 1.82) is 0 Å². The molecule has 2 aromatic carbocycles. The Labute approximate surface area is 194 Å². The standard InChI is InChI=1S/C27H29N3O3/c1-19-15-26-29(13-4-14-30(26)28-19)27(33)12-11-25(32)18-21-7-9-23(10-8-21)24-6-3-5-22(17-24)16-20(2)31/h3,5-10,15,17H,4,11-14,16,18H2,1-2H3. The van der Waals surface area contributed by atoms with Crippen molar-refractivity contribution in [3.8, 4) is 11.1 Å². The number of nitrogens with zero attached hydrogens (tertiary/aromatic N) is 3. The van der Waals surface area contributed by atoms with E-state index >= 15 is 0 Å². The maximum atomic E-state index is 12.7. The van der Waals surface area contributed by atoms with Crippen LogP contribution in [0.2, 0.25) is 0 Å². The van der Waals surface area contributed by atoms with Crippen LogP contribution in [0, 0.1) is 6.92 Å². The van der Waals surface area contributed by atoms with Gasteiger partial charge in [0.15, 0.2) is 0 Å². The largest absolute Gasteiger partial charge is 0.300 e. The van der Waals surface area contributed by atoms with Crippen LogP contribution in [-0.2, 0) is 33.8 Å². The van der Waals surface area contributed by atoms with Gasteiger partial charge in [-0.25, -0.2) is 4.68 Å². The lowest BCUT2D eigenvalue weighted by Crippen LogP contribution is -2.37. The van der Waals surface area contributed by atoms with Crippen LogP contribution in [-0.4, -0.2) is 33.8 Å². The highest BCUT2D eigenvalue weighted by Crippen LogP contribution is 2.24. The second kappa shape index (κ2) is 9.94. The molecule has 3 aromatic rings. The van der Waals surface area contributed by atoms with E-state index < -0.39 is 0 Å². The van der Waals surface area contributed by atoms with E-state index in [1.165, 1.54) is 0 Å². The van der Waals surface area contributed by atoms with Crippen LogP contribution >= 0.6 is 0 Å². The Bertz CT molecular complexity index is 1180. The van der Waals surface area contributed by atoms with E-state index in [9.17, 15) is 14.4 Å². The molecule has 6 heteroatoms. The third-order valence-corrected chi connectivity index (χ3v) is 5.90. The van der Waals surface area contributed by atoms with E-state index in [-0.39, 0.29) is 30.3 Å². The van der Waals surface area contributed by atoms with E-state index in [0.717, 1.165) is 46.7 Å². The second-order valence-corrected chi connectivity index (χ2v) is 8.76. The third-order valence-electron chi connectivity index (χ3n) is 5.90. The van der Waals surface area contributed by atoms with E-state index in [2.05, 4.69) is 5.10 Å². The van der Waals surface area contributed by atoms with Crippen LogP contribution in [0.5, 0.6) is 0 Å². The summed E-state index contributed by atoms with van der Waals surface area (Å²) in [4.78, 5) is 38.4. The molecule has 0 N–H and O–H groups in total. The van der Waals surface area contributed by atoms with Crippen LogP contribution in [0.1, 0.15) is 43.0 Å². The molecule has 1 aliphatic rings. The number of aryl methyl sites for hydroxylation is 2. The molecule has 0 bridgehead atoms. The van der Waals surface area contributed by atoms with Crippen molar-refractivity contribution >= 4 is 23.3 Å². The zero-order valence-electron chi connectivity index (χ0n) is 19.2. The molecule has 0 fully saturated rings. The number of aromatic nitrogens is 2. The fourth-order valence-corrected chi connectivity index (χ4v) is 4.32. The van der Waals surface area contributed by atoms with Gasteiger partial charge >= 0.3 is 0 Å². The van der Waals surface area contributed by atoms with Gasteiger partial charge in [0.05, 0.1) is 5.69 Å². The SMILES string of the molecule is CC(=O)Cc1cccc(-c2ccc(CC(=O)CCC(=O)N3CCCn4nc(C)cc43)cc2)c1. The molecule has 4 rings (SSSR count). The van der Waals surface area contributed by atoms with E-state index in [1.54, 1.807) is 11.8 Å². The predicted octanol–water partition coefficient (Wildman–Crippen LogP) is 4.32. The summed E-state index contributed by atoms with van der Waals surface area (Å²) in [6, 6.07) is 17.8. The minimum absolute atomic E-state index is 0.0232. The minimum atomic E-state index is -0.0232. The van der Waals surface area contributed by atoms with Gasteiger partial charge in [0.25, 0.3) is 0 Å². The van der Waals surface area contributed by atoms with Crippen molar-refractivity contribution in [3.05, 3.63) is 71.4 Å². The molecule has 1 amide bonds. The Kier molecular flexibility index (Phi) is 6.82. The highest BCUT2D eigenvalue weighted by Gasteiger charge is 2.24. The number of ketones is 2. The van der Waals surface area contributed by atoms with Crippen LogP contribution in [0.3, 0.4) is 0 Å². The average molecular weight is 444 g/mol. The third kappa shape index (κ3) is 5.64. The van der Waals surface area contributed by atoms with Gasteiger partial charge in [-0.05, 0) is 42.5 Å². The molecular weight excluding hydrogens is 414 g/mol. The second-order valence-electron chi connectivity index (χ2n) is 8.76. The number of Topliss-reactive ketones (excluding diaryl/α,β-unsaturated/α-hetero) is 2. The number of carbonyl (C=O) groups excluding carboxylic acids is 3. The van der Waals surface area contributed by atoms with Gasteiger partial charge in [0, 0.05) is 44.8 Å². The van der Waals surface area contributed by atoms with Gasteiger partial charge in [-0.1, -0.05) is 48.5 Å². The molecule has 0 radical (unpaired) electrons. The first-order valence-electron chi connectivity index (χ1n) is 11.4. The molecule has 0 saturated carbocycles. The molecule has 0 atom stereocenters. The molecule has 2 heterocycles. The zero-order chi connectivity index (χ0) is 23.4. The number of fused-ring (bicyclic) bond motifs is 1. The van der Waals surface area contributed by atoms with Gasteiger partial charge in [-0.2, -0.15) is 5.10 Å². The number of carbonyl (C=O) groups is 3. The maximum absolute atomic E-state index is 12.7. The van der Waals surface area contributed by atoms with Gasteiger partial charge in [0.2, 0.25) is 5.91 Å². The van der Waals surface area contributed by atoms with Crippen LogP contribution in [0.15, 0.2) is 54.6 Å². The number of rotatable bonds is 8. The molecule has 0 spiro atoms. The predicted molar refractivity (Wildman–Crippen MR) is 128 cm³/mol. The number of amides is 1. The Morgan fingerprint density at radius 1 is 0.879 bits per heavy atom. The Morgan fingerprint density at radius 3 is 2.42 bits per heavy atom. The minimum Gasteiger partial charge on any atom is -0.300 e. The molecular formula is C27H29N3O3. The quantitative estimate of drug-likeness (QED) is 0.520. The lowest BCUT2D eigenvalue weighted by Gasteiger charge is -2.27. The number of anilines is 1. The molecule has 1 aromatic heterocycles. The number of hydrogen-bond donors (Lipinski definition) is 0. The summed E-state index contributed by atoms with van der Waals surface area (Å²) in [6.45, 7) is 5.01. The Balaban J connectivity index is 1.32. The van der Waals surface area contributed by atoms with Crippen molar-refractivity contribution < 1.29 is 14.4 Å². The van der Waals surface area contributed by atoms with Crippen molar-refractivity contribution in [3.63, 3.8) is 0 Å². The zero-order valence-corrected chi connectivity index (χ0v) is 19.2. The maximum Gasteiger partial charge on any atom is 0.228 e. The average Bonchev–Trinajstić information content (AvgIpc) is 3.18. The lowest BCUT2D eigenvalue weighted by molar-refractivity contribution is -0.123. The topological polar surface area (TPSA) is 72.3 Å². The monoisotopic (exact) mass is 443 g/mol. The summed E-state index contributed by atoms with van der Waals surface area (Å²) in [5, 5.41) is 4.42. The highest BCUT2D eigenvalue weighted by molar-refractivity contribution is 5.95. The van der Waals surface area contributed by atoms with E-state index in [0.29, 0.717) is 19.4 Å². The fourth-order valence-electron chi connectivity index (χ4n) is 4.32. The molecule has 0 unspecified atom stereocenters. The molecule has 0 aliphatic carbocycles. The Morgan fingerprint density at radius 2 is 1.67 bits per heavy atom. The van der Waals surface area contributed by atoms with Crippen LogP contribution < -0.4 is 4.90 Å². The Hall–Kier alpha value is -3.54. The summed E-state index contributed by atoms with van der Waals surface area (Å²) in [5.74, 6) is 1.01.